The molecule has 2 rings (SSSR count). The van der Waals surface area contributed by atoms with E-state index in [-0.39, 0.29) is 11.9 Å². The average Bonchev–Trinajstić information content (AvgIpc) is 2.98. The summed E-state index contributed by atoms with van der Waals surface area (Å²) in [7, 11) is 0. The molecule has 19 heavy (non-hydrogen) atoms. The summed E-state index contributed by atoms with van der Waals surface area (Å²) in [4.78, 5) is 12.0. The minimum atomic E-state index is -0.331. The maximum Gasteiger partial charge on any atom is 0.244 e. The van der Waals surface area contributed by atoms with Crippen molar-refractivity contribution in [2.75, 3.05) is 6.54 Å². The van der Waals surface area contributed by atoms with Gasteiger partial charge in [0, 0.05) is 12.2 Å². The van der Waals surface area contributed by atoms with Gasteiger partial charge in [-0.3, -0.25) is 9.48 Å². The molecule has 1 atom stereocenters. The Morgan fingerprint density at radius 3 is 2.84 bits per heavy atom. The van der Waals surface area contributed by atoms with Crippen molar-refractivity contribution in [2.24, 2.45) is 0 Å². The van der Waals surface area contributed by atoms with Gasteiger partial charge >= 0.3 is 0 Å². The Morgan fingerprint density at radius 1 is 1.47 bits per heavy atom. The number of hydrogen-bond donors (Lipinski definition) is 1. The van der Waals surface area contributed by atoms with Crippen molar-refractivity contribution < 1.29 is 4.79 Å². The Bertz CT molecular complexity index is 545. The van der Waals surface area contributed by atoms with Crippen LogP contribution in [0.2, 0.25) is 0 Å². The van der Waals surface area contributed by atoms with Crippen LogP contribution in [0.1, 0.15) is 24.4 Å². The monoisotopic (exact) mass is 263 g/mol. The molecule has 2 aromatic heterocycles. The molecule has 0 fully saturated rings. The second-order valence-electron chi connectivity index (χ2n) is 4.41. The molecule has 0 aliphatic heterocycles. The SMILES string of the molecule is Cc1cc(C)n(C(C)C(=O)NCCn2cnnn2)n1. The van der Waals surface area contributed by atoms with E-state index in [4.69, 9.17) is 0 Å². The van der Waals surface area contributed by atoms with Crippen LogP contribution in [-0.4, -0.2) is 42.4 Å². The van der Waals surface area contributed by atoms with Crippen molar-refractivity contribution in [3.8, 4) is 0 Å². The minimum absolute atomic E-state index is 0.0701. The van der Waals surface area contributed by atoms with Gasteiger partial charge < -0.3 is 5.32 Å². The first-order valence-corrected chi connectivity index (χ1v) is 6.09. The van der Waals surface area contributed by atoms with Crippen molar-refractivity contribution in [3.05, 3.63) is 23.8 Å². The van der Waals surface area contributed by atoms with Gasteiger partial charge in [0.05, 0.1) is 12.2 Å². The molecule has 0 saturated heterocycles. The van der Waals surface area contributed by atoms with E-state index in [1.807, 2.05) is 26.8 Å². The molecule has 102 valence electrons. The summed E-state index contributed by atoms with van der Waals surface area (Å²) in [6, 6.07) is 1.62. The summed E-state index contributed by atoms with van der Waals surface area (Å²) in [5.41, 5.74) is 1.88. The van der Waals surface area contributed by atoms with E-state index in [0.717, 1.165) is 11.4 Å². The molecule has 0 aromatic carbocycles. The zero-order valence-corrected chi connectivity index (χ0v) is 11.2. The Labute approximate surface area is 110 Å². The summed E-state index contributed by atoms with van der Waals surface area (Å²) in [5, 5.41) is 17.9. The Balaban J connectivity index is 1.87. The summed E-state index contributed by atoms with van der Waals surface area (Å²) in [6.45, 7) is 6.69. The number of aromatic nitrogens is 6. The van der Waals surface area contributed by atoms with Crippen LogP contribution in [-0.2, 0) is 11.3 Å². The molecular weight excluding hydrogens is 246 g/mol. The Morgan fingerprint density at radius 2 is 2.26 bits per heavy atom. The van der Waals surface area contributed by atoms with E-state index in [1.54, 1.807) is 9.36 Å². The molecule has 0 bridgehead atoms. The zero-order chi connectivity index (χ0) is 13.8. The highest BCUT2D eigenvalue weighted by Crippen LogP contribution is 2.10. The molecule has 0 aliphatic rings. The number of tetrazole rings is 1. The van der Waals surface area contributed by atoms with Crippen LogP contribution in [0.4, 0.5) is 0 Å². The van der Waals surface area contributed by atoms with Gasteiger partial charge in [-0.2, -0.15) is 5.10 Å². The first kappa shape index (κ1) is 13.2. The lowest BCUT2D eigenvalue weighted by atomic mass is 10.3. The van der Waals surface area contributed by atoms with Gasteiger partial charge in [-0.1, -0.05) is 0 Å². The lowest BCUT2D eigenvalue weighted by Crippen LogP contribution is -2.34. The Kier molecular flexibility index (Phi) is 3.88. The number of carbonyl (C=O) groups excluding carboxylic acids is 1. The standard InChI is InChI=1S/C11H17N7O/c1-8-6-9(2)18(14-8)10(3)11(19)12-4-5-17-7-13-15-16-17/h6-7,10H,4-5H2,1-3H3,(H,12,19). The van der Waals surface area contributed by atoms with Gasteiger partial charge in [0.1, 0.15) is 12.4 Å². The highest BCUT2D eigenvalue weighted by molar-refractivity contribution is 5.79. The number of hydrogen-bond acceptors (Lipinski definition) is 5. The number of nitrogens with zero attached hydrogens (tertiary/aromatic N) is 6. The molecule has 1 N–H and O–H groups in total. The summed E-state index contributed by atoms with van der Waals surface area (Å²) >= 11 is 0. The second kappa shape index (κ2) is 5.59. The predicted octanol–water partition coefficient (Wildman–Crippen LogP) is -0.136. The van der Waals surface area contributed by atoms with Crippen molar-refractivity contribution in [2.45, 2.75) is 33.4 Å². The van der Waals surface area contributed by atoms with E-state index in [9.17, 15) is 4.79 Å². The highest BCUT2D eigenvalue weighted by Gasteiger charge is 2.17. The van der Waals surface area contributed by atoms with Crippen LogP contribution in [0.25, 0.3) is 0 Å². The normalized spacial score (nSPS) is 12.4. The summed E-state index contributed by atoms with van der Waals surface area (Å²) in [5.74, 6) is -0.0701. The van der Waals surface area contributed by atoms with Gasteiger partial charge in [0.15, 0.2) is 0 Å². The third kappa shape index (κ3) is 3.15. The largest absolute Gasteiger partial charge is 0.352 e. The van der Waals surface area contributed by atoms with Crippen LogP contribution >= 0.6 is 0 Å². The number of nitrogens with one attached hydrogen (secondary N) is 1. The second-order valence-corrected chi connectivity index (χ2v) is 4.41. The van der Waals surface area contributed by atoms with Crippen LogP contribution in [0.15, 0.2) is 12.4 Å². The first-order valence-electron chi connectivity index (χ1n) is 6.09. The van der Waals surface area contributed by atoms with Gasteiger partial charge in [0.25, 0.3) is 0 Å². The molecule has 0 spiro atoms. The van der Waals surface area contributed by atoms with E-state index in [1.165, 1.54) is 6.33 Å². The molecule has 2 heterocycles. The summed E-state index contributed by atoms with van der Waals surface area (Å²) in [6.07, 6.45) is 1.51. The molecule has 8 heteroatoms. The van der Waals surface area contributed by atoms with Crippen molar-refractivity contribution in [3.63, 3.8) is 0 Å². The summed E-state index contributed by atoms with van der Waals surface area (Å²) < 4.78 is 3.29. The first-order chi connectivity index (χ1) is 9.08. The lowest BCUT2D eigenvalue weighted by Gasteiger charge is -2.14. The average molecular weight is 263 g/mol. The van der Waals surface area contributed by atoms with E-state index >= 15 is 0 Å². The van der Waals surface area contributed by atoms with Gasteiger partial charge in [0.2, 0.25) is 5.91 Å². The molecule has 0 aliphatic carbocycles. The fourth-order valence-electron chi connectivity index (χ4n) is 1.87. The van der Waals surface area contributed by atoms with E-state index in [0.29, 0.717) is 13.1 Å². The Hall–Kier alpha value is -2.25. The number of rotatable bonds is 5. The fourth-order valence-corrected chi connectivity index (χ4v) is 1.87. The van der Waals surface area contributed by atoms with Crippen LogP contribution in [0, 0.1) is 13.8 Å². The third-order valence-corrected chi connectivity index (χ3v) is 2.82. The maximum absolute atomic E-state index is 12.0. The van der Waals surface area contributed by atoms with Crippen molar-refractivity contribution >= 4 is 5.91 Å². The van der Waals surface area contributed by atoms with Gasteiger partial charge in [-0.05, 0) is 37.3 Å². The third-order valence-electron chi connectivity index (χ3n) is 2.82. The predicted molar refractivity (Wildman–Crippen MR) is 67.2 cm³/mol. The fraction of sp³-hybridized carbons (Fsp3) is 0.545. The number of amides is 1. The molecule has 0 radical (unpaired) electrons. The van der Waals surface area contributed by atoms with Crippen molar-refractivity contribution in [1.82, 2.24) is 35.3 Å². The molecular formula is C11H17N7O. The maximum atomic E-state index is 12.0. The van der Waals surface area contributed by atoms with Crippen LogP contribution < -0.4 is 5.32 Å². The van der Waals surface area contributed by atoms with Crippen LogP contribution in [0.3, 0.4) is 0 Å². The van der Waals surface area contributed by atoms with Crippen LogP contribution in [0.5, 0.6) is 0 Å². The molecule has 1 unspecified atom stereocenters. The van der Waals surface area contributed by atoms with Gasteiger partial charge in [-0.15, -0.1) is 5.10 Å². The zero-order valence-electron chi connectivity index (χ0n) is 11.2. The highest BCUT2D eigenvalue weighted by atomic mass is 16.2. The quantitative estimate of drug-likeness (QED) is 0.811. The number of carbonyl (C=O) groups is 1. The molecule has 1 amide bonds. The molecule has 2 aromatic rings. The van der Waals surface area contributed by atoms with E-state index < -0.39 is 0 Å². The minimum Gasteiger partial charge on any atom is -0.352 e. The molecule has 0 saturated carbocycles. The molecule has 8 nitrogen and oxygen atoms in total. The van der Waals surface area contributed by atoms with E-state index in [2.05, 4.69) is 25.9 Å². The number of aryl methyl sites for hydroxylation is 2. The smallest absolute Gasteiger partial charge is 0.244 e. The van der Waals surface area contributed by atoms with Gasteiger partial charge in [-0.25, -0.2) is 4.68 Å². The lowest BCUT2D eigenvalue weighted by molar-refractivity contribution is -0.124. The van der Waals surface area contributed by atoms with Crippen molar-refractivity contribution in [1.29, 1.82) is 0 Å². The topological polar surface area (TPSA) is 90.5 Å².